The highest BCUT2D eigenvalue weighted by Gasteiger charge is 2.30. The molecule has 0 fully saturated rings. The van der Waals surface area contributed by atoms with Crippen molar-refractivity contribution in [1.29, 1.82) is 0 Å². The second-order valence-electron chi connectivity index (χ2n) is 10.1. The van der Waals surface area contributed by atoms with E-state index in [2.05, 4.69) is 26.0 Å². The molecule has 218 valence electrons. The van der Waals surface area contributed by atoms with Gasteiger partial charge >= 0.3 is 12.0 Å². The number of benzene rings is 1. The van der Waals surface area contributed by atoms with Gasteiger partial charge in [-0.3, -0.25) is 9.59 Å². The van der Waals surface area contributed by atoms with Crippen LogP contribution >= 0.6 is 23.2 Å². The van der Waals surface area contributed by atoms with Gasteiger partial charge in [0.15, 0.2) is 5.69 Å². The molecular weight excluding hydrogens is 587 g/mol. The lowest BCUT2D eigenvalue weighted by atomic mass is 9.96. The number of carboxylic acids is 1. The van der Waals surface area contributed by atoms with Crippen LogP contribution in [-0.4, -0.2) is 77.6 Å². The largest absolute Gasteiger partial charge is 0.480 e. The highest BCUT2D eigenvalue weighted by molar-refractivity contribution is 6.40. The quantitative estimate of drug-likeness (QED) is 0.286. The normalized spacial score (nSPS) is 13.6. The second kappa shape index (κ2) is 11.8. The molecule has 3 amide bonds. The summed E-state index contributed by atoms with van der Waals surface area (Å²) in [6.07, 6.45) is 3.54. The van der Waals surface area contributed by atoms with Gasteiger partial charge in [-0.2, -0.15) is 9.78 Å². The number of nitrogens with zero attached hydrogens (tertiary/aromatic N) is 6. The number of amides is 3. The minimum absolute atomic E-state index is 0.00437. The SMILES string of the molecule is CC(C)c1cn(C(=O)NCC(NC(=O)c2c(Cl)cc3c(c2Cl)CCN(C(=O)c2cc4ccccn4n2)C3)C(=O)O)nn1. The molecule has 0 saturated carbocycles. The maximum Gasteiger partial charge on any atom is 0.343 e. The van der Waals surface area contributed by atoms with Crippen molar-refractivity contribution in [1.82, 2.24) is 40.1 Å². The summed E-state index contributed by atoms with van der Waals surface area (Å²) in [5, 5.41) is 26.5. The molecule has 4 aromatic rings. The fourth-order valence-corrected chi connectivity index (χ4v) is 5.34. The van der Waals surface area contributed by atoms with E-state index in [1.165, 1.54) is 6.20 Å². The average Bonchev–Trinajstić information content (AvgIpc) is 3.62. The van der Waals surface area contributed by atoms with Crippen molar-refractivity contribution in [3.8, 4) is 0 Å². The van der Waals surface area contributed by atoms with Gasteiger partial charge < -0.3 is 20.6 Å². The third kappa shape index (κ3) is 5.78. The monoisotopic (exact) mass is 612 g/mol. The van der Waals surface area contributed by atoms with Crippen LogP contribution in [0.3, 0.4) is 0 Å². The zero-order valence-corrected chi connectivity index (χ0v) is 24.1. The molecule has 3 N–H and O–H groups in total. The smallest absolute Gasteiger partial charge is 0.343 e. The predicted octanol–water partition coefficient (Wildman–Crippen LogP) is 3.00. The Morgan fingerprint density at radius 2 is 1.93 bits per heavy atom. The molecule has 0 radical (unpaired) electrons. The Morgan fingerprint density at radius 3 is 2.62 bits per heavy atom. The zero-order chi connectivity index (χ0) is 30.1. The number of pyridine rings is 1. The zero-order valence-electron chi connectivity index (χ0n) is 22.5. The highest BCUT2D eigenvalue weighted by Crippen LogP contribution is 2.35. The van der Waals surface area contributed by atoms with E-state index < -0.39 is 30.5 Å². The van der Waals surface area contributed by atoms with Crippen LogP contribution in [-0.2, 0) is 17.8 Å². The molecule has 1 aromatic carbocycles. The number of aromatic nitrogens is 5. The number of fused-ring (bicyclic) bond motifs is 2. The first-order chi connectivity index (χ1) is 20.0. The van der Waals surface area contributed by atoms with Crippen molar-refractivity contribution in [2.75, 3.05) is 13.1 Å². The highest BCUT2D eigenvalue weighted by atomic mass is 35.5. The minimum Gasteiger partial charge on any atom is -0.480 e. The van der Waals surface area contributed by atoms with Gasteiger partial charge in [-0.15, -0.1) is 5.10 Å². The van der Waals surface area contributed by atoms with Gasteiger partial charge in [0.05, 0.1) is 39.6 Å². The van der Waals surface area contributed by atoms with Crippen LogP contribution in [0.4, 0.5) is 4.79 Å². The van der Waals surface area contributed by atoms with Gasteiger partial charge in [-0.1, -0.05) is 48.3 Å². The van der Waals surface area contributed by atoms with Crippen LogP contribution in [0, 0.1) is 0 Å². The Balaban J connectivity index is 1.28. The van der Waals surface area contributed by atoms with Gasteiger partial charge in [0.1, 0.15) is 6.04 Å². The topological polar surface area (TPSA) is 164 Å². The van der Waals surface area contributed by atoms with Crippen LogP contribution in [0.2, 0.25) is 10.0 Å². The predicted molar refractivity (Wildman–Crippen MR) is 152 cm³/mol. The Labute approximate surface area is 249 Å². The van der Waals surface area contributed by atoms with Gasteiger partial charge in [0.25, 0.3) is 11.8 Å². The molecule has 1 aliphatic rings. The van der Waals surface area contributed by atoms with Crippen LogP contribution in [0.25, 0.3) is 5.52 Å². The maximum absolute atomic E-state index is 13.2. The van der Waals surface area contributed by atoms with Crippen LogP contribution in [0.1, 0.15) is 57.4 Å². The Hall–Kier alpha value is -4.49. The molecule has 13 nitrogen and oxygen atoms in total. The molecule has 15 heteroatoms. The number of nitrogens with one attached hydrogen (secondary N) is 2. The first kappa shape index (κ1) is 29.0. The molecule has 4 heterocycles. The second-order valence-corrected chi connectivity index (χ2v) is 10.8. The fraction of sp³-hybridized carbons (Fsp3) is 0.296. The molecule has 0 bridgehead atoms. The van der Waals surface area contributed by atoms with Gasteiger partial charge in [-0.05, 0) is 47.7 Å². The number of carbonyl (C=O) groups is 4. The average molecular weight is 613 g/mol. The lowest BCUT2D eigenvalue weighted by Gasteiger charge is -2.30. The first-order valence-electron chi connectivity index (χ1n) is 13.0. The summed E-state index contributed by atoms with van der Waals surface area (Å²) < 4.78 is 2.58. The van der Waals surface area contributed by atoms with E-state index in [0.29, 0.717) is 35.5 Å². The Morgan fingerprint density at radius 1 is 1.14 bits per heavy atom. The van der Waals surface area contributed by atoms with Crippen molar-refractivity contribution in [2.24, 2.45) is 0 Å². The van der Waals surface area contributed by atoms with E-state index in [-0.39, 0.29) is 34.0 Å². The number of carbonyl (C=O) groups excluding carboxylic acids is 3. The number of carboxylic acid groups (broad SMARTS) is 1. The number of aliphatic carboxylic acids is 1. The summed E-state index contributed by atoms with van der Waals surface area (Å²) in [5.41, 5.74) is 2.89. The molecule has 3 aromatic heterocycles. The number of hydrogen-bond acceptors (Lipinski definition) is 7. The summed E-state index contributed by atoms with van der Waals surface area (Å²) in [7, 11) is 0. The van der Waals surface area contributed by atoms with Crippen molar-refractivity contribution in [2.45, 2.75) is 38.8 Å². The lowest BCUT2D eigenvalue weighted by Crippen LogP contribution is -2.49. The van der Waals surface area contributed by atoms with Crippen molar-refractivity contribution in [3.05, 3.63) is 80.8 Å². The van der Waals surface area contributed by atoms with Crippen LogP contribution in [0.15, 0.2) is 42.7 Å². The summed E-state index contributed by atoms with van der Waals surface area (Å²) in [6.45, 7) is 3.87. The minimum atomic E-state index is -1.49. The van der Waals surface area contributed by atoms with Crippen LogP contribution in [0.5, 0.6) is 0 Å². The van der Waals surface area contributed by atoms with Crippen molar-refractivity contribution >= 4 is 52.5 Å². The van der Waals surface area contributed by atoms with Crippen molar-refractivity contribution < 1.29 is 24.3 Å². The molecule has 1 aliphatic heterocycles. The Bertz CT molecular complexity index is 1680. The van der Waals surface area contributed by atoms with E-state index in [1.54, 1.807) is 27.7 Å². The molecule has 0 aliphatic carbocycles. The van der Waals surface area contributed by atoms with Gasteiger partial charge in [0.2, 0.25) is 0 Å². The summed E-state index contributed by atoms with van der Waals surface area (Å²) >= 11 is 13.1. The fourth-order valence-electron chi connectivity index (χ4n) is 4.58. The summed E-state index contributed by atoms with van der Waals surface area (Å²) in [4.78, 5) is 52.2. The third-order valence-corrected chi connectivity index (χ3v) is 7.59. The maximum atomic E-state index is 13.2. The summed E-state index contributed by atoms with van der Waals surface area (Å²) in [5.74, 6) is -2.41. The first-order valence-corrected chi connectivity index (χ1v) is 13.8. The lowest BCUT2D eigenvalue weighted by molar-refractivity contribution is -0.139. The number of hydrogen-bond donors (Lipinski definition) is 3. The number of rotatable bonds is 7. The van der Waals surface area contributed by atoms with E-state index in [0.717, 1.165) is 10.2 Å². The molecule has 5 rings (SSSR count). The third-order valence-electron chi connectivity index (χ3n) is 6.88. The summed E-state index contributed by atoms with van der Waals surface area (Å²) in [6, 6.07) is 6.59. The van der Waals surface area contributed by atoms with Crippen molar-refractivity contribution in [3.63, 3.8) is 0 Å². The van der Waals surface area contributed by atoms with Gasteiger partial charge in [0, 0.05) is 19.3 Å². The molecule has 42 heavy (non-hydrogen) atoms. The van der Waals surface area contributed by atoms with E-state index in [4.69, 9.17) is 23.2 Å². The molecular formula is C27H26Cl2N8O5. The van der Waals surface area contributed by atoms with Gasteiger partial charge in [-0.25, -0.2) is 14.1 Å². The molecule has 1 unspecified atom stereocenters. The molecule has 1 atom stereocenters. The standard InChI is InChI=1S/C27H26Cl2N8O5/c1-14(2)21-13-37(34-32-21)27(42)30-11-20(26(40)41)31-24(38)22-18(28)9-15-12-35(8-6-17(15)23(22)29)25(39)19-10-16-5-3-4-7-36(16)33-19/h3-5,7,9-10,13-14,20H,6,8,11-12H2,1-2H3,(H,30,42)(H,31,38)(H,40,41). The van der Waals surface area contributed by atoms with E-state index in [9.17, 15) is 24.3 Å². The van der Waals surface area contributed by atoms with Crippen LogP contribution < -0.4 is 10.6 Å². The van der Waals surface area contributed by atoms with E-state index in [1.807, 2.05) is 32.0 Å². The Kier molecular flexibility index (Phi) is 8.14. The molecule has 0 saturated heterocycles. The van der Waals surface area contributed by atoms with E-state index >= 15 is 0 Å². The molecule has 0 spiro atoms. The number of halogens is 2.